The molecule has 0 saturated carbocycles. The number of aromatic nitrogens is 2. The zero-order chi connectivity index (χ0) is 21.5. The molecule has 3 nitrogen and oxygen atoms in total. The molecule has 8 rings (SSSR count). The van der Waals surface area contributed by atoms with Gasteiger partial charge in [-0.05, 0) is 48.5 Å². The number of benzene rings is 5. The number of nitrogens with zero attached hydrogens (tertiary/aromatic N) is 1. The second-order valence-electron chi connectivity index (χ2n) is 8.72. The van der Waals surface area contributed by atoms with E-state index in [0.29, 0.717) is 0 Å². The van der Waals surface area contributed by atoms with Crippen LogP contribution in [-0.4, -0.2) is 9.55 Å². The van der Waals surface area contributed by atoms with Crippen LogP contribution in [0.3, 0.4) is 0 Å². The molecular weight excluding hydrogens is 404 g/mol. The number of hydrogen-bond acceptors (Lipinski definition) is 1. The largest absolute Gasteiger partial charge is 0.456 e. The van der Waals surface area contributed by atoms with Gasteiger partial charge in [-0.1, -0.05) is 54.6 Å². The molecule has 0 amide bonds. The van der Waals surface area contributed by atoms with E-state index in [1.165, 1.54) is 38.1 Å². The van der Waals surface area contributed by atoms with E-state index in [2.05, 4.69) is 101 Å². The lowest BCUT2D eigenvalue weighted by atomic mass is 10.1. The Kier molecular flexibility index (Phi) is 3.14. The van der Waals surface area contributed by atoms with Crippen LogP contribution in [-0.2, 0) is 0 Å². The maximum absolute atomic E-state index is 6.08. The third-order valence-corrected chi connectivity index (χ3v) is 6.92. The van der Waals surface area contributed by atoms with Crippen LogP contribution in [0.25, 0.3) is 71.2 Å². The fourth-order valence-corrected chi connectivity index (χ4v) is 5.44. The van der Waals surface area contributed by atoms with E-state index in [1.807, 2.05) is 12.1 Å². The fraction of sp³-hybridized carbons (Fsp3) is 0. The van der Waals surface area contributed by atoms with Crippen molar-refractivity contribution in [3.63, 3.8) is 0 Å². The summed E-state index contributed by atoms with van der Waals surface area (Å²) in [5.41, 5.74) is 7.70. The number of fused-ring (bicyclic) bond motifs is 9. The average molecular weight is 422 g/mol. The number of H-pyrrole nitrogens is 1. The Hall–Kier alpha value is -4.50. The first kappa shape index (κ1) is 17.1. The molecular formula is C30H18N2O. The van der Waals surface area contributed by atoms with Gasteiger partial charge in [0.15, 0.2) is 0 Å². The van der Waals surface area contributed by atoms with Crippen molar-refractivity contribution < 1.29 is 4.42 Å². The predicted octanol–water partition coefficient (Wildman–Crippen LogP) is 8.32. The Bertz CT molecular complexity index is 2030. The Morgan fingerprint density at radius 3 is 2.18 bits per heavy atom. The summed E-state index contributed by atoms with van der Waals surface area (Å²) >= 11 is 0. The van der Waals surface area contributed by atoms with Crippen LogP contribution in [0.4, 0.5) is 0 Å². The van der Waals surface area contributed by atoms with Crippen molar-refractivity contribution in [1.29, 1.82) is 0 Å². The fourth-order valence-electron chi connectivity index (χ4n) is 5.44. The maximum atomic E-state index is 6.08. The van der Waals surface area contributed by atoms with E-state index in [4.69, 9.17) is 4.42 Å². The number of para-hydroxylation sites is 3. The predicted molar refractivity (Wildman–Crippen MR) is 137 cm³/mol. The molecule has 3 heteroatoms. The van der Waals surface area contributed by atoms with E-state index in [0.717, 1.165) is 33.1 Å². The van der Waals surface area contributed by atoms with E-state index in [9.17, 15) is 0 Å². The monoisotopic (exact) mass is 422 g/mol. The minimum atomic E-state index is 0.915. The highest BCUT2D eigenvalue weighted by atomic mass is 16.3. The lowest BCUT2D eigenvalue weighted by Crippen LogP contribution is -1.93. The van der Waals surface area contributed by atoms with Gasteiger partial charge in [-0.3, -0.25) is 0 Å². The summed E-state index contributed by atoms with van der Waals surface area (Å²) in [6.45, 7) is 0. The molecule has 5 aromatic carbocycles. The van der Waals surface area contributed by atoms with Gasteiger partial charge in [0, 0.05) is 49.0 Å². The first-order valence-corrected chi connectivity index (χ1v) is 11.2. The topological polar surface area (TPSA) is 33.9 Å². The quantitative estimate of drug-likeness (QED) is 0.283. The van der Waals surface area contributed by atoms with Gasteiger partial charge in [-0.25, -0.2) is 0 Å². The van der Waals surface area contributed by atoms with Gasteiger partial charge in [0.05, 0.1) is 11.0 Å². The highest BCUT2D eigenvalue weighted by Gasteiger charge is 2.16. The molecule has 0 saturated heterocycles. The molecule has 3 heterocycles. The molecule has 154 valence electrons. The molecule has 0 spiro atoms. The van der Waals surface area contributed by atoms with Crippen LogP contribution in [0.1, 0.15) is 0 Å². The second-order valence-corrected chi connectivity index (χ2v) is 8.72. The van der Waals surface area contributed by atoms with Crippen molar-refractivity contribution in [2.24, 2.45) is 0 Å². The van der Waals surface area contributed by atoms with Gasteiger partial charge in [0.1, 0.15) is 11.2 Å². The van der Waals surface area contributed by atoms with Crippen molar-refractivity contribution in [3.05, 3.63) is 103 Å². The number of aromatic amines is 1. The Morgan fingerprint density at radius 2 is 1.24 bits per heavy atom. The minimum Gasteiger partial charge on any atom is -0.456 e. The first-order valence-electron chi connectivity index (χ1n) is 11.2. The smallest absolute Gasteiger partial charge is 0.135 e. The van der Waals surface area contributed by atoms with Crippen molar-refractivity contribution in [3.8, 4) is 5.69 Å². The summed E-state index contributed by atoms with van der Waals surface area (Å²) in [5.74, 6) is 0. The summed E-state index contributed by atoms with van der Waals surface area (Å²) in [5, 5.41) is 7.33. The summed E-state index contributed by atoms with van der Waals surface area (Å²) in [7, 11) is 0. The van der Waals surface area contributed by atoms with Gasteiger partial charge in [-0.15, -0.1) is 0 Å². The molecule has 0 bridgehead atoms. The van der Waals surface area contributed by atoms with Gasteiger partial charge < -0.3 is 14.0 Å². The lowest BCUT2D eigenvalue weighted by molar-refractivity contribution is 0.669. The molecule has 1 N–H and O–H groups in total. The van der Waals surface area contributed by atoms with Gasteiger partial charge in [0.2, 0.25) is 0 Å². The van der Waals surface area contributed by atoms with Gasteiger partial charge in [0.25, 0.3) is 0 Å². The molecule has 0 atom stereocenters. The normalized spacial score (nSPS) is 12.2. The Morgan fingerprint density at radius 1 is 0.485 bits per heavy atom. The number of rotatable bonds is 1. The SMILES string of the molecule is c1ccc2c(c1)[nH]c1cc3c(cc12)c1ccccc1n3-c1ccc2oc3ccccc3c2c1. The third kappa shape index (κ3) is 2.23. The maximum Gasteiger partial charge on any atom is 0.135 e. The van der Waals surface area contributed by atoms with Crippen molar-refractivity contribution >= 4 is 65.6 Å². The van der Waals surface area contributed by atoms with Crippen LogP contribution >= 0.6 is 0 Å². The molecule has 33 heavy (non-hydrogen) atoms. The van der Waals surface area contributed by atoms with Crippen LogP contribution in [0.15, 0.2) is 108 Å². The first-order chi connectivity index (χ1) is 16.3. The standard InChI is InChI=1S/C30H18N2O/c1-4-10-25-19(7-1)22-16-23-20-8-2-5-11-27(20)32(28(23)17-26(22)31-25)18-13-14-30-24(15-18)21-9-3-6-12-29(21)33-30/h1-17,31H. The molecule has 3 aromatic heterocycles. The van der Waals surface area contributed by atoms with Crippen LogP contribution in [0.2, 0.25) is 0 Å². The highest BCUT2D eigenvalue weighted by molar-refractivity contribution is 6.18. The summed E-state index contributed by atoms with van der Waals surface area (Å²) in [4.78, 5) is 3.61. The number of nitrogens with one attached hydrogen (secondary N) is 1. The summed E-state index contributed by atoms with van der Waals surface area (Å²) < 4.78 is 8.45. The summed E-state index contributed by atoms with van der Waals surface area (Å²) in [6, 6.07) is 36.6. The zero-order valence-corrected chi connectivity index (χ0v) is 17.7. The van der Waals surface area contributed by atoms with Crippen molar-refractivity contribution in [1.82, 2.24) is 9.55 Å². The Labute approximate surface area is 188 Å². The molecule has 0 aliphatic rings. The van der Waals surface area contributed by atoms with Crippen molar-refractivity contribution in [2.45, 2.75) is 0 Å². The second kappa shape index (κ2) is 6.05. The highest BCUT2D eigenvalue weighted by Crippen LogP contribution is 2.38. The zero-order valence-electron chi connectivity index (χ0n) is 17.7. The van der Waals surface area contributed by atoms with Gasteiger partial charge in [-0.2, -0.15) is 0 Å². The summed E-state index contributed by atoms with van der Waals surface area (Å²) in [6.07, 6.45) is 0. The van der Waals surface area contributed by atoms with E-state index in [-0.39, 0.29) is 0 Å². The average Bonchev–Trinajstić information content (AvgIpc) is 3.51. The molecule has 0 aliphatic heterocycles. The number of hydrogen-bond donors (Lipinski definition) is 1. The van der Waals surface area contributed by atoms with Crippen LogP contribution in [0.5, 0.6) is 0 Å². The number of furan rings is 1. The van der Waals surface area contributed by atoms with E-state index < -0.39 is 0 Å². The lowest BCUT2D eigenvalue weighted by Gasteiger charge is -2.08. The van der Waals surface area contributed by atoms with Crippen molar-refractivity contribution in [2.75, 3.05) is 0 Å². The van der Waals surface area contributed by atoms with Gasteiger partial charge >= 0.3 is 0 Å². The van der Waals surface area contributed by atoms with Crippen LogP contribution in [0, 0.1) is 0 Å². The molecule has 0 unspecified atom stereocenters. The molecule has 8 aromatic rings. The van der Waals surface area contributed by atoms with E-state index in [1.54, 1.807) is 0 Å². The Balaban J connectivity index is 1.52. The van der Waals surface area contributed by atoms with E-state index >= 15 is 0 Å². The molecule has 0 fully saturated rings. The minimum absolute atomic E-state index is 0.915. The van der Waals surface area contributed by atoms with Crippen LogP contribution < -0.4 is 0 Å². The molecule has 0 radical (unpaired) electrons. The third-order valence-electron chi connectivity index (χ3n) is 6.92. The molecule has 0 aliphatic carbocycles.